The molecule has 98 valence electrons. The second-order valence-electron chi connectivity index (χ2n) is 5.55. The maximum atomic E-state index is 2.45. The van der Waals surface area contributed by atoms with E-state index in [0.717, 1.165) is 17.8 Å². The predicted molar refractivity (Wildman–Crippen MR) is 75.8 cm³/mol. The lowest BCUT2D eigenvalue weighted by molar-refractivity contribution is 0.287. The van der Waals surface area contributed by atoms with E-state index < -0.39 is 0 Å². The molecule has 0 heterocycles. The molecule has 0 saturated carbocycles. The van der Waals surface area contributed by atoms with Crippen LogP contribution in [-0.4, -0.2) is 0 Å². The van der Waals surface area contributed by atoms with E-state index in [1.54, 1.807) is 0 Å². The maximum Gasteiger partial charge on any atom is -0.0391 e. The van der Waals surface area contributed by atoms with Gasteiger partial charge in [0, 0.05) is 0 Å². The van der Waals surface area contributed by atoms with Crippen LogP contribution in [-0.2, 0) is 0 Å². The zero-order valence-corrected chi connectivity index (χ0v) is 12.4. The van der Waals surface area contributed by atoms with Crippen LogP contribution in [0.15, 0.2) is 0 Å². The molecule has 0 aromatic rings. The van der Waals surface area contributed by atoms with Gasteiger partial charge < -0.3 is 0 Å². The van der Waals surface area contributed by atoms with Gasteiger partial charge in [-0.2, -0.15) is 0 Å². The molecule has 0 spiro atoms. The summed E-state index contributed by atoms with van der Waals surface area (Å²) in [5, 5.41) is 0. The third kappa shape index (κ3) is 6.55. The van der Waals surface area contributed by atoms with Crippen LogP contribution in [0.4, 0.5) is 0 Å². The van der Waals surface area contributed by atoms with Crippen LogP contribution >= 0.6 is 0 Å². The molecule has 0 radical (unpaired) electrons. The second kappa shape index (κ2) is 10.2. The van der Waals surface area contributed by atoms with E-state index in [-0.39, 0.29) is 0 Å². The van der Waals surface area contributed by atoms with Crippen molar-refractivity contribution in [3.63, 3.8) is 0 Å². The molecule has 0 saturated heterocycles. The van der Waals surface area contributed by atoms with Crippen molar-refractivity contribution in [1.82, 2.24) is 0 Å². The highest BCUT2D eigenvalue weighted by atomic mass is 14.2. The number of hydrogen-bond donors (Lipinski definition) is 0. The summed E-state index contributed by atoms with van der Waals surface area (Å²) in [6.07, 6.45) is 11.3. The topological polar surface area (TPSA) is 0 Å². The van der Waals surface area contributed by atoms with Crippen LogP contribution in [0.25, 0.3) is 0 Å². The highest BCUT2D eigenvalue weighted by Gasteiger charge is 2.14. The largest absolute Gasteiger partial charge is 0.0654 e. The van der Waals surface area contributed by atoms with E-state index in [4.69, 9.17) is 0 Å². The van der Waals surface area contributed by atoms with Crippen LogP contribution in [0.5, 0.6) is 0 Å². The first-order valence-electron chi connectivity index (χ1n) is 7.69. The minimum absolute atomic E-state index is 0.941. The third-order valence-corrected chi connectivity index (χ3v) is 4.42. The van der Waals surface area contributed by atoms with Crippen LogP contribution < -0.4 is 0 Å². The van der Waals surface area contributed by atoms with Gasteiger partial charge in [-0.05, 0) is 17.8 Å². The van der Waals surface area contributed by atoms with Gasteiger partial charge in [0.1, 0.15) is 0 Å². The first-order chi connectivity index (χ1) is 7.69. The van der Waals surface area contributed by atoms with E-state index in [0.29, 0.717) is 0 Å². The molecule has 2 atom stereocenters. The summed E-state index contributed by atoms with van der Waals surface area (Å²) in [4.78, 5) is 0. The fraction of sp³-hybridized carbons (Fsp3) is 1.00. The number of rotatable bonds is 10. The quantitative estimate of drug-likeness (QED) is 0.425. The summed E-state index contributed by atoms with van der Waals surface area (Å²) in [6.45, 7) is 11.8. The molecule has 0 amide bonds. The Hall–Kier alpha value is 0. The zero-order chi connectivity index (χ0) is 12.4. The lowest BCUT2D eigenvalue weighted by atomic mass is 9.83. The summed E-state index contributed by atoms with van der Waals surface area (Å²) >= 11 is 0. The van der Waals surface area contributed by atoms with Crippen LogP contribution in [0, 0.1) is 17.8 Å². The second-order valence-corrected chi connectivity index (χ2v) is 5.55. The third-order valence-electron chi connectivity index (χ3n) is 4.42. The average Bonchev–Trinajstić information content (AvgIpc) is 2.30. The van der Waals surface area contributed by atoms with Gasteiger partial charge in [-0.15, -0.1) is 0 Å². The molecule has 0 rings (SSSR count). The molecule has 0 N–H and O–H groups in total. The van der Waals surface area contributed by atoms with Crippen molar-refractivity contribution in [3.05, 3.63) is 0 Å². The molecule has 0 fully saturated rings. The molecule has 0 aromatic carbocycles. The van der Waals surface area contributed by atoms with Gasteiger partial charge in [0.05, 0.1) is 0 Å². The van der Waals surface area contributed by atoms with Crippen LogP contribution in [0.2, 0.25) is 0 Å². The molecular formula is C16H34. The Morgan fingerprint density at radius 3 is 1.81 bits per heavy atom. The maximum absolute atomic E-state index is 2.45. The van der Waals surface area contributed by atoms with Gasteiger partial charge in [-0.3, -0.25) is 0 Å². The average molecular weight is 226 g/mol. The highest BCUT2D eigenvalue weighted by Crippen LogP contribution is 2.27. The molecule has 0 bridgehead atoms. The van der Waals surface area contributed by atoms with Gasteiger partial charge in [-0.1, -0.05) is 86.0 Å². The predicted octanol–water partition coefficient (Wildman–Crippen LogP) is 6.06. The first kappa shape index (κ1) is 16.0. The van der Waals surface area contributed by atoms with Gasteiger partial charge >= 0.3 is 0 Å². The van der Waals surface area contributed by atoms with Crippen LogP contribution in [0.1, 0.15) is 86.0 Å². The van der Waals surface area contributed by atoms with E-state index in [2.05, 4.69) is 34.6 Å². The van der Waals surface area contributed by atoms with Crippen molar-refractivity contribution in [2.45, 2.75) is 86.0 Å². The first-order valence-corrected chi connectivity index (χ1v) is 7.69. The molecule has 0 aliphatic heterocycles. The van der Waals surface area contributed by atoms with E-state index in [1.165, 1.54) is 51.4 Å². The molecule has 2 unspecified atom stereocenters. The Bertz CT molecular complexity index is 135. The van der Waals surface area contributed by atoms with Gasteiger partial charge in [0.15, 0.2) is 0 Å². The molecule has 0 aliphatic rings. The smallest absolute Gasteiger partial charge is 0.0391 e. The Morgan fingerprint density at radius 2 is 1.38 bits per heavy atom. The summed E-state index contributed by atoms with van der Waals surface area (Å²) in [5.74, 6) is 2.91. The highest BCUT2D eigenvalue weighted by molar-refractivity contribution is 4.66. The van der Waals surface area contributed by atoms with Crippen molar-refractivity contribution in [1.29, 1.82) is 0 Å². The molecule has 0 aliphatic carbocycles. The molecular weight excluding hydrogens is 192 g/mol. The minimum Gasteiger partial charge on any atom is -0.0654 e. The minimum atomic E-state index is 0.941. The van der Waals surface area contributed by atoms with Gasteiger partial charge in [-0.25, -0.2) is 0 Å². The summed E-state index contributed by atoms with van der Waals surface area (Å²) < 4.78 is 0. The van der Waals surface area contributed by atoms with Crippen molar-refractivity contribution < 1.29 is 0 Å². The normalized spacial score (nSPS) is 15.4. The van der Waals surface area contributed by atoms with E-state index in [1.807, 2.05) is 0 Å². The summed E-state index contributed by atoms with van der Waals surface area (Å²) in [5.41, 5.74) is 0. The molecule has 0 heteroatoms. The van der Waals surface area contributed by atoms with Gasteiger partial charge in [0.2, 0.25) is 0 Å². The Kier molecular flexibility index (Phi) is 10.2. The zero-order valence-electron chi connectivity index (χ0n) is 12.4. The summed E-state index contributed by atoms with van der Waals surface area (Å²) in [6, 6.07) is 0. The Labute approximate surface area is 104 Å². The molecule has 0 nitrogen and oxygen atoms in total. The molecule has 0 aromatic heterocycles. The lowest BCUT2D eigenvalue weighted by Gasteiger charge is -2.23. The van der Waals surface area contributed by atoms with E-state index >= 15 is 0 Å². The Morgan fingerprint density at radius 1 is 0.750 bits per heavy atom. The Balaban J connectivity index is 3.77. The van der Waals surface area contributed by atoms with E-state index in [9.17, 15) is 0 Å². The summed E-state index contributed by atoms with van der Waals surface area (Å²) in [7, 11) is 0. The number of hydrogen-bond acceptors (Lipinski definition) is 0. The van der Waals surface area contributed by atoms with Crippen LogP contribution in [0.3, 0.4) is 0 Å². The van der Waals surface area contributed by atoms with Crippen molar-refractivity contribution in [2.75, 3.05) is 0 Å². The SMILES string of the molecule is CCCC(C)C(CC)CCCC(CC)CC. The fourth-order valence-electron chi connectivity index (χ4n) is 2.95. The van der Waals surface area contributed by atoms with Crippen molar-refractivity contribution in [2.24, 2.45) is 17.8 Å². The van der Waals surface area contributed by atoms with Crippen molar-refractivity contribution in [3.8, 4) is 0 Å². The standard InChI is InChI=1S/C16H34/c1-6-11-14(5)16(9-4)13-10-12-15(7-2)8-3/h14-16H,6-13H2,1-5H3. The lowest BCUT2D eigenvalue weighted by Crippen LogP contribution is -2.11. The monoisotopic (exact) mass is 226 g/mol. The van der Waals surface area contributed by atoms with Gasteiger partial charge in [0.25, 0.3) is 0 Å². The molecule has 16 heavy (non-hydrogen) atoms. The van der Waals surface area contributed by atoms with Crippen molar-refractivity contribution >= 4 is 0 Å². The fourth-order valence-corrected chi connectivity index (χ4v) is 2.95.